The van der Waals surface area contributed by atoms with E-state index in [4.69, 9.17) is 5.73 Å². The number of ketones is 1. The monoisotopic (exact) mass is 351 g/mol. The Morgan fingerprint density at radius 2 is 1.73 bits per heavy atom. The van der Waals surface area contributed by atoms with Crippen molar-refractivity contribution in [3.05, 3.63) is 65.7 Å². The second kappa shape index (κ2) is 10.8. The lowest BCUT2D eigenvalue weighted by Crippen LogP contribution is -2.13. The molecule has 0 spiro atoms. The summed E-state index contributed by atoms with van der Waals surface area (Å²) in [6, 6.07) is 18.6. The smallest absolute Gasteiger partial charge is 0.133 e. The summed E-state index contributed by atoms with van der Waals surface area (Å²) in [4.78, 5) is 12.7. The van der Waals surface area contributed by atoms with Crippen molar-refractivity contribution < 1.29 is 4.79 Å². The van der Waals surface area contributed by atoms with Crippen LogP contribution in [-0.4, -0.2) is 5.78 Å². The molecule has 2 heteroatoms. The molecule has 0 aliphatic heterocycles. The van der Waals surface area contributed by atoms with Crippen molar-refractivity contribution in [1.29, 1.82) is 0 Å². The molecule has 0 amide bonds. The van der Waals surface area contributed by atoms with Crippen LogP contribution in [0.2, 0.25) is 0 Å². The molecule has 2 aromatic rings. The number of nitrogen functional groups attached to an aromatic ring is 1. The van der Waals surface area contributed by atoms with E-state index in [1.807, 2.05) is 18.2 Å². The summed E-state index contributed by atoms with van der Waals surface area (Å²) >= 11 is 0. The maximum atomic E-state index is 12.7. The fraction of sp³-hybridized carbons (Fsp3) is 0.458. The first-order valence-electron chi connectivity index (χ1n) is 10.0. The molecular formula is C24H33NO. The summed E-state index contributed by atoms with van der Waals surface area (Å²) in [5.41, 5.74) is 9.25. The van der Waals surface area contributed by atoms with E-state index in [-0.39, 0.29) is 5.92 Å². The van der Waals surface area contributed by atoms with Gasteiger partial charge < -0.3 is 5.73 Å². The number of hydrogen-bond acceptors (Lipinski definition) is 2. The highest BCUT2D eigenvalue weighted by molar-refractivity contribution is 5.79. The average molecular weight is 352 g/mol. The van der Waals surface area contributed by atoms with Gasteiger partial charge in [-0.05, 0) is 54.4 Å². The number of carbonyl (C=O) groups excluding carboxylic acids is 1. The fourth-order valence-corrected chi connectivity index (χ4v) is 3.76. The van der Waals surface area contributed by atoms with Crippen molar-refractivity contribution >= 4 is 11.5 Å². The lowest BCUT2D eigenvalue weighted by atomic mass is 9.85. The minimum Gasteiger partial charge on any atom is -0.399 e. The third-order valence-electron chi connectivity index (χ3n) is 5.25. The number of carbonyl (C=O) groups is 1. The van der Waals surface area contributed by atoms with Crippen molar-refractivity contribution in [3.63, 3.8) is 0 Å². The van der Waals surface area contributed by atoms with Crippen LogP contribution in [-0.2, 0) is 11.2 Å². The second-order valence-corrected chi connectivity index (χ2v) is 7.40. The predicted molar refractivity (Wildman–Crippen MR) is 111 cm³/mol. The van der Waals surface area contributed by atoms with Gasteiger partial charge in [0.1, 0.15) is 5.78 Å². The van der Waals surface area contributed by atoms with E-state index >= 15 is 0 Å². The Balaban J connectivity index is 1.91. The number of nitrogens with two attached hydrogens (primary N) is 1. The highest BCUT2D eigenvalue weighted by atomic mass is 16.1. The number of rotatable bonds is 11. The van der Waals surface area contributed by atoms with Gasteiger partial charge in [0.05, 0.1) is 0 Å². The molecule has 0 fully saturated rings. The summed E-state index contributed by atoms with van der Waals surface area (Å²) in [5, 5.41) is 0. The second-order valence-electron chi connectivity index (χ2n) is 7.40. The lowest BCUT2D eigenvalue weighted by molar-refractivity contribution is -0.120. The van der Waals surface area contributed by atoms with Crippen LogP contribution >= 0.6 is 0 Å². The lowest BCUT2D eigenvalue weighted by Gasteiger charge is -2.19. The van der Waals surface area contributed by atoms with E-state index in [9.17, 15) is 4.79 Å². The molecule has 0 radical (unpaired) electrons. The molecule has 0 saturated carbocycles. The zero-order chi connectivity index (χ0) is 18.8. The molecule has 2 atom stereocenters. The SMILES string of the molecule is CCC[C@H](CCc1ccccc1)CC(=O)C[C@@H](CC)c1cccc(N)c1. The normalized spacial score (nSPS) is 13.3. The molecule has 0 unspecified atom stereocenters. The molecule has 26 heavy (non-hydrogen) atoms. The summed E-state index contributed by atoms with van der Waals surface area (Å²) < 4.78 is 0. The van der Waals surface area contributed by atoms with Gasteiger partial charge in [-0.3, -0.25) is 4.79 Å². The minimum absolute atomic E-state index is 0.280. The summed E-state index contributed by atoms with van der Waals surface area (Å²) in [6.45, 7) is 4.36. The summed E-state index contributed by atoms with van der Waals surface area (Å²) in [7, 11) is 0. The maximum Gasteiger partial charge on any atom is 0.133 e. The Kier molecular flexibility index (Phi) is 8.40. The van der Waals surface area contributed by atoms with Gasteiger partial charge in [0.2, 0.25) is 0 Å². The highest BCUT2D eigenvalue weighted by Crippen LogP contribution is 2.28. The van der Waals surface area contributed by atoms with Crippen LogP contribution in [0.25, 0.3) is 0 Å². The van der Waals surface area contributed by atoms with E-state index in [2.05, 4.69) is 50.2 Å². The molecule has 2 aromatic carbocycles. The number of Topliss-reactive ketones (excluding diaryl/α,β-unsaturated/α-hetero) is 1. The molecule has 0 aliphatic rings. The standard InChI is InChI=1S/C24H33NO/c1-3-9-20(15-14-19-10-6-5-7-11-19)16-24(26)18-21(4-2)22-12-8-13-23(25)17-22/h5-8,10-13,17,20-21H,3-4,9,14-16,18,25H2,1-2H3/t20-,21-/m1/s1. The van der Waals surface area contributed by atoms with Crippen LogP contribution in [0.5, 0.6) is 0 Å². The Bertz CT molecular complexity index is 665. The van der Waals surface area contributed by atoms with Gasteiger partial charge in [0, 0.05) is 18.5 Å². The minimum atomic E-state index is 0.280. The molecular weight excluding hydrogens is 318 g/mol. The Morgan fingerprint density at radius 1 is 0.962 bits per heavy atom. The number of anilines is 1. The van der Waals surface area contributed by atoms with Crippen molar-refractivity contribution in [3.8, 4) is 0 Å². The summed E-state index contributed by atoms with van der Waals surface area (Å²) in [5.74, 6) is 1.17. The Labute approximate surface area is 158 Å². The molecule has 0 aliphatic carbocycles. The van der Waals surface area contributed by atoms with Gasteiger partial charge in [0.15, 0.2) is 0 Å². The summed E-state index contributed by atoms with van der Waals surface area (Å²) in [6.07, 6.45) is 6.74. The predicted octanol–water partition coefficient (Wildman–Crippen LogP) is 6.16. The molecule has 2 rings (SSSR count). The third kappa shape index (κ3) is 6.67. The van der Waals surface area contributed by atoms with Crippen molar-refractivity contribution in [2.45, 2.75) is 64.7 Å². The van der Waals surface area contributed by atoms with Crippen LogP contribution in [0, 0.1) is 5.92 Å². The van der Waals surface area contributed by atoms with Gasteiger partial charge >= 0.3 is 0 Å². The number of benzene rings is 2. The van der Waals surface area contributed by atoms with Crippen LogP contribution in [0.3, 0.4) is 0 Å². The zero-order valence-corrected chi connectivity index (χ0v) is 16.3. The third-order valence-corrected chi connectivity index (χ3v) is 5.25. The van der Waals surface area contributed by atoms with E-state index in [1.165, 1.54) is 11.1 Å². The average Bonchev–Trinajstić information content (AvgIpc) is 2.65. The molecule has 0 heterocycles. The largest absolute Gasteiger partial charge is 0.399 e. The number of hydrogen-bond donors (Lipinski definition) is 1. The number of aryl methyl sites for hydroxylation is 1. The van der Waals surface area contributed by atoms with Gasteiger partial charge in [0.25, 0.3) is 0 Å². The van der Waals surface area contributed by atoms with Crippen molar-refractivity contribution in [2.24, 2.45) is 5.92 Å². The van der Waals surface area contributed by atoms with Gasteiger partial charge in [-0.2, -0.15) is 0 Å². The highest BCUT2D eigenvalue weighted by Gasteiger charge is 2.18. The maximum absolute atomic E-state index is 12.7. The van der Waals surface area contributed by atoms with Crippen LogP contribution < -0.4 is 5.73 Å². The van der Waals surface area contributed by atoms with Gasteiger partial charge in [-0.15, -0.1) is 0 Å². The molecule has 2 N–H and O–H groups in total. The van der Waals surface area contributed by atoms with Gasteiger partial charge in [-0.25, -0.2) is 0 Å². The van der Waals surface area contributed by atoms with Crippen LogP contribution in [0.15, 0.2) is 54.6 Å². The molecule has 2 nitrogen and oxygen atoms in total. The van der Waals surface area contributed by atoms with E-state index < -0.39 is 0 Å². The molecule has 140 valence electrons. The Hall–Kier alpha value is -2.09. The van der Waals surface area contributed by atoms with E-state index in [0.29, 0.717) is 24.5 Å². The van der Waals surface area contributed by atoms with Crippen molar-refractivity contribution in [1.82, 2.24) is 0 Å². The molecule has 0 saturated heterocycles. The van der Waals surface area contributed by atoms with Gasteiger partial charge in [-0.1, -0.05) is 69.2 Å². The quantitative estimate of drug-likeness (QED) is 0.493. The Morgan fingerprint density at radius 3 is 2.38 bits per heavy atom. The van der Waals surface area contributed by atoms with Crippen LogP contribution in [0.1, 0.15) is 69.4 Å². The first-order chi connectivity index (χ1) is 12.6. The van der Waals surface area contributed by atoms with E-state index in [1.54, 1.807) is 0 Å². The fourth-order valence-electron chi connectivity index (χ4n) is 3.76. The van der Waals surface area contributed by atoms with Crippen LogP contribution in [0.4, 0.5) is 5.69 Å². The molecule has 0 bridgehead atoms. The zero-order valence-electron chi connectivity index (χ0n) is 16.3. The topological polar surface area (TPSA) is 43.1 Å². The van der Waals surface area contributed by atoms with E-state index in [0.717, 1.165) is 37.8 Å². The first-order valence-corrected chi connectivity index (χ1v) is 10.0. The molecule has 0 aromatic heterocycles. The first kappa shape index (κ1) is 20.2. The van der Waals surface area contributed by atoms with Crippen molar-refractivity contribution in [2.75, 3.05) is 5.73 Å².